The highest BCUT2D eigenvalue weighted by Crippen LogP contribution is 2.36. The lowest BCUT2D eigenvalue weighted by Crippen LogP contribution is -2.10. The van der Waals surface area contributed by atoms with Gasteiger partial charge in [-0.25, -0.2) is 0 Å². The van der Waals surface area contributed by atoms with E-state index in [1.54, 1.807) is 0 Å². The van der Waals surface area contributed by atoms with Gasteiger partial charge < -0.3 is 18.9 Å². The van der Waals surface area contributed by atoms with Gasteiger partial charge >= 0.3 is 0 Å². The maximum Gasteiger partial charge on any atom is 0.0541 e. The highest BCUT2D eigenvalue weighted by Gasteiger charge is 2.14. The number of rotatable bonds is 7. The molecule has 12 aromatic rings. The molecule has 0 aliphatic heterocycles. The molecule has 306 valence electrons. The van der Waals surface area contributed by atoms with Crippen molar-refractivity contribution in [1.82, 2.24) is 9.13 Å². The van der Waals surface area contributed by atoms with Crippen LogP contribution in [-0.2, 0) is 0 Å². The summed E-state index contributed by atoms with van der Waals surface area (Å²) < 4.78 is 4.70. The van der Waals surface area contributed by atoms with Gasteiger partial charge in [0, 0.05) is 75.2 Å². The summed E-state index contributed by atoms with van der Waals surface area (Å²) in [6, 6.07) is 86.4. The van der Waals surface area contributed by atoms with E-state index >= 15 is 0 Å². The van der Waals surface area contributed by atoms with Crippen molar-refractivity contribution >= 4 is 77.1 Å². The Labute approximate surface area is 373 Å². The molecule has 64 heavy (non-hydrogen) atoms. The number of anilines is 4. The number of fused-ring (bicyclic) bond motifs is 7. The van der Waals surface area contributed by atoms with E-state index in [1.165, 1.54) is 93.9 Å². The van der Waals surface area contributed by atoms with Crippen molar-refractivity contribution < 1.29 is 0 Å². The number of para-hydroxylation sites is 4. The minimum absolute atomic E-state index is 1.16. The Balaban J connectivity index is 0.000000143. The summed E-state index contributed by atoms with van der Waals surface area (Å²) in [7, 11) is 4.25. The van der Waals surface area contributed by atoms with E-state index < -0.39 is 0 Å². The predicted octanol–water partition coefficient (Wildman–Crippen LogP) is 15.9. The first-order valence-corrected chi connectivity index (χ1v) is 21.9. The van der Waals surface area contributed by atoms with Crippen molar-refractivity contribution in [3.8, 4) is 22.5 Å². The second-order valence-electron chi connectivity index (χ2n) is 16.3. The average Bonchev–Trinajstić information content (AvgIpc) is 3.89. The molecule has 0 bridgehead atoms. The largest absolute Gasteiger partial charge is 0.345 e. The molecule has 0 fully saturated rings. The van der Waals surface area contributed by atoms with Crippen LogP contribution in [0.5, 0.6) is 0 Å². The Morgan fingerprint density at radius 2 is 0.609 bits per heavy atom. The van der Waals surface area contributed by atoms with Crippen molar-refractivity contribution in [2.45, 2.75) is 0 Å². The Bertz CT molecular complexity index is 3450. The van der Waals surface area contributed by atoms with Crippen LogP contribution in [-0.4, -0.2) is 23.2 Å². The maximum atomic E-state index is 2.35. The van der Waals surface area contributed by atoms with Crippen molar-refractivity contribution in [3.05, 3.63) is 243 Å². The van der Waals surface area contributed by atoms with E-state index in [0.717, 1.165) is 5.69 Å². The zero-order valence-electron chi connectivity index (χ0n) is 35.9. The maximum absolute atomic E-state index is 2.35. The smallest absolute Gasteiger partial charge is 0.0541 e. The zero-order valence-corrected chi connectivity index (χ0v) is 35.9. The number of hydrogen-bond donors (Lipinski definition) is 0. The standard InChI is InChI=1S/C31H24N2.C29H22N2/c1-32(25-17-15-24(16-18-25)23-9-3-2-4-10-23)26-19-21-27(22-20-26)33-30-13-7-5-11-28(30)29-12-6-8-14-31(29)33;1-30(27-16-8-10-21-9-2-3-11-24(21)27)22-17-19-23(20-18-22)31-28-14-6-4-12-25(28)26-13-5-7-15-29(26)31/h2-22H,1H3;2-20H,1H3. The molecule has 0 saturated carbocycles. The normalized spacial score (nSPS) is 11.3. The van der Waals surface area contributed by atoms with Crippen molar-refractivity contribution in [2.75, 3.05) is 23.9 Å². The van der Waals surface area contributed by atoms with Gasteiger partial charge in [-0.05, 0) is 108 Å². The summed E-state index contributed by atoms with van der Waals surface area (Å²) in [6.07, 6.45) is 0. The van der Waals surface area contributed by atoms with E-state index in [4.69, 9.17) is 0 Å². The van der Waals surface area contributed by atoms with Gasteiger partial charge in [-0.2, -0.15) is 0 Å². The number of nitrogens with zero attached hydrogens (tertiary/aromatic N) is 4. The fourth-order valence-electron chi connectivity index (χ4n) is 9.35. The molecule has 0 spiro atoms. The Morgan fingerprint density at radius 1 is 0.266 bits per heavy atom. The highest BCUT2D eigenvalue weighted by molar-refractivity contribution is 6.10. The quantitative estimate of drug-likeness (QED) is 0.159. The topological polar surface area (TPSA) is 16.3 Å². The van der Waals surface area contributed by atoms with Crippen LogP contribution in [0.3, 0.4) is 0 Å². The van der Waals surface area contributed by atoms with Gasteiger partial charge in [-0.15, -0.1) is 0 Å². The lowest BCUT2D eigenvalue weighted by molar-refractivity contribution is 1.16. The van der Waals surface area contributed by atoms with Crippen LogP contribution < -0.4 is 9.80 Å². The molecule has 0 unspecified atom stereocenters. The summed E-state index contributed by atoms with van der Waals surface area (Å²) in [5.74, 6) is 0. The van der Waals surface area contributed by atoms with Crippen LogP contribution in [0, 0.1) is 0 Å². The van der Waals surface area contributed by atoms with Gasteiger partial charge in [0.15, 0.2) is 0 Å². The second-order valence-corrected chi connectivity index (χ2v) is 16.3. The van der Waals surface area contributed by atoms with Crippen LogP contribution in [0.15, 0.2) is 243 Å². The Morgan fingerprint density at radius 3 is 1.08 bits per heavy atom. The molecule has 4 heteroatoms. The SMILES string of the molecule is CN(c1ccc(-c2ccccc2)cc1)c1ccc(-n2c3ccccc3c3ccccc32)cc1.CN(c1ccc(-n2c3ccccc3c3ccccc32)cc1)c1cccc2ccccc12. The van der Waals surface area contributed by atoms with E-state index in [9.17, 15) is 0 Å². The number of aromatic nitrogens is 2. The highest BCUT2D eigenvalue weighted by atomic mass is 15.1. The van der Waals surface area contributed by atoms with Crippen LogP contribution in [0.25, 0.3) is 76.9 Å². The molecule has 0 saturated heterocycles. The van der Waals surface area contributed by atoms with Gasteiger partial charge in [0.2, 0.25) is 0 Å². The minimum atomic E-state index is 1.16. The monoisotopic (exact) mass is 822 g/mol. The number of hydrogen-bond acceptors (Lipinski definition) is 2. The molecule has 2 aromatic heterocycles. The average molecular weight is 823 g/mol. The first-order chi connectivity index (χ1) is 31.6. The third kappa shape index (κ3) is 6.92. The lowest BCUT2D eigenvalue weighted by atomic mass is 10.1. The van der Waals surface area contributed by atoms with Crippen molar-refractivity contribution in [3.63, 3.8) is 0 Å². The fourth-order valence-corrected chi connectivity index (χ4v) is 9.35. The summed E-state index contributed by atoms with van der Waals surface area (Å²) in [5.41, 5.74) is 14.5. The molecule has 0 aliphatic rings. The first-order valence-electron chi connectivity index (χ1n) is 21.9. The molecule has 0 N–H and O–H groups in total. The number of benzene rings is 10. The summed E-state index contributed by atoms with van der Waals surface area (Å²) in [6.45, 7) is 0. The van der Waals surface area contributed by atoms with Crippen molar-refractivity contribution in [2.24, 2.45) is 0 Å². The molecular formula is C60H46N4. The Kier molecular flexibility index (Phi) is 9.95. The van der Waals surface area contributed by atoms with Gasteiger partial charge in [-0.3, -0.25) is 0 Å². The van der Waals surface area contributed by atoms with Crippen molar-refractivity contribution in [1.29, 1.82) is 0 Å². The predicted molar refractivity (Wildman–Crippen MR) is 274 cm³/mol. The van der Waals surface area contributed by atoms with E-state index in [0.29, 0.717) is 0 Å². The molecule has 2 heterocycles. The van der Waals surface area contributed by atoms with Crippen LogP contribution in [0.4, 0.5) is 22.7 Å². The second kappa shape index (κ2) is 16.5. The summed E-state index contributed by atoms with van der Waals surface area (Å²) in [4.78, 5) is 4.49. The Hall–Kier alpha value is -8.34. The zero-order chi connectivity index (χ0) is 43.0. The molecule has 0 atom stereocenters. The molecule has 0 radical (unpaired) electrons. The molecular weight excluding hydrogens is 777 g/mol. The molecule has 12 rings (SSSR count). The van der Waals surface area contributed by atoms with E-state index in [-0.39, 0.29) is 0 Å². The van der Waals surface area contributed by atoms with Gasteiger partial charge in [-0.1, -0.05) is 152 Å². The van der Waals surface area contributed by atoms with E-state index in [1.807, 2.05) is 0 Å². The van der Waals surface area contributed by atoms with E-state index in [2.05, 4.69) is 276 Å². The first kappa shape index (κ1) is 38.6. The molecule has 10 aromatic carbocycles. The molecule has 4 nitrogen and oxygen atoms in total. The van der Waals surface area contributed by atoms with Gasteiger partial charge in [0.25, 0.3) is 0 Å². The van der Waals surface area contributed by atoms with Crippen LogP contribution in [0.1, 0.15) is 0 Å². The van der Waals surface area contributed by atoms with Gasteiger partial charge in [0.05, 0.1) is 22.1 Å². The van der Waals surface area contributed by atoms with Gasteiger partial charge in [0.1, 0.15) is 0 Å². The fraction of sp³-hybridized carbons (Fsp3) is 0.0333. The molecule has 0 amide bonds. The lowest BCUT2D eigenvalue weighted by Gasteiger charge is -2.22. The summed E-state index contributed by atoms with van der Waals surface area (Å²) >= 11 is 0. The molecule has 0 aliphatic carbocycles. The minimum Gasteiger partial charge on any atom is -0.345 e. The van der Waals surface area contributed by atoms with Crippen LogP contribution >= 0.6 is 0 Å². The van der Waals surface area contributed by atoms with Crippen LogP contribution in [0.2, 0.25) is 0 Å². The third-order valence-electron chi connectivity index (χ3n) is 12.6. The third-order valence-corrected chi connectivity index (χ3v) is 12.6. The summed E-state index contributed by atoms with van der Waals surface area (Å²) in [5, 5.41) is 7.67.